The Labute approximate surface area is 119 Å². The fourth-order valence-electron chi connectivity index (χ4n) is 2.78. The third-order valence-electron chi connectivity index (χ3n) is 4.04. The molecule has 0 bridgehead atoms. The molecule has 3 rings (SSSR count). The second kappa shape index (κ2) is 5.18. The summed E-state index contributed by atoms with van der Waals surface area (Å²) in [6, 6.07) is 8.38. The molecule has 0 radical (unpaired) electrons. The summed E-state index contributed by atoms with van der Waals surface area (Å²) in [4.78, 5) is 0. The fourth-order valence-corrected chi connectivity index (χ4v) is 3.00. The van der Waals surface area contributed by atoms with E-state index in [1.54, 1.807) is 0 Å². The minimum absolute atomic E-state index is 0.332. The molecule has 1 aliphatic carbocycles. The molecule has 1 saturated carbocycles. The Morgan fingerprint density at radius 3 is 2.89 bits per heavy atom. The van der Waals surface area contributed by atoms with Gasteiger partial charge in [-0.05, 0) is 43.4 Å². The van der Waals surface area contributed by atoms with Gasteiger partial charge in [0.1, 0.15) is 5.76 Å². The van der Waals surface area contributed by atoms with Crippen LogP contribution in [0.2, 0.25) is 5.02 Å². The zero-order valence-electron chi connectivity index (χ0n) is 11.4. The number of fused-ring (bicyclic) bond motifs is 1. The van der Waals surface area contributed by atoms with E-state index < -0.39 is 0 Å². The van der Waals surface area contributed by atoms with Crippen molar-refractivity contribution >= 4 is 22.6 Å². The molecule has 1 N–H and O–H groups in total. The summed E-state index contributed by atoms with van der Waals surface area (Å²) in [5.74, 6) is 2.52. The second-order valence-corrected chi connectivity index (χ2v) is 6.02. The van der Waals surface area contributed by atoms with Crippen molar-refractivity contribution in [1.29, 1.82) is 0 Å². The van der Waals surface area contributed by atoms with Gasteiger partial charge in [-0.1, -0.05) is 37.6 Å². The fraction of sp³-hybridized carbons (Fsp3) is 0.500. The van der Waals surface area contributed by atoms with Gasteiger partial charge < -0.3 is 9.73 Å². The van der Waals surface area contributed by atoms with Crippen LogP contribution < -0.4 is 5.32 Å². The van der Waals surface area contributed by atoms with Gasteiger partial charge in [0.05, 0.1) is 11.1 Å². The molecule has 0 spiro atoms. The number of rotatable bonds is 5. The van der Waals surface area contributed by atoms with E-state index in [-0.39, 0.29) is 0 Å². The van der Waals surface area contributed by atoms with Crippen LogP contribution >= 0.6 is 11.6 Å². The summed E-state index contributed by atoms with van der Waals surface area (Å²) in [6.07, 6.45) is 2.42. The van der Waals surface area contributed by atoms with Crippen molar-refractivity contribution in [2.75, 3.05) is 6.54 Å². The first kappa shape index (κ1) is 13.0. The van der Waals surface area contributed by atoms with Crippen molar-refractivity contribution in [1.82, 2.24) is 5.32 Å². The molecule has 1 aromatic carbocycles. The molecular weight excluding hydrogens is 258 g/mol. The minimum Gasteiger partial charge on any atom is -0.458 e. The number of hydrogen-bond acceptors (Lipinski definition) is 2. The first-order valence-electron chi connectivity index (χ1n) is 7.12. The zero-order chi connectivity index (χ0) is 13.4. The topological polar surface area (TPSA) is 25.2 Å². The zero-order valence-corrected chi connectivity index (χ0v) is 12.2. The number of benzene rings is 1. The first-order chi connectivity index (χ1) is 9.20. The van der Waals surface area contributed by atoms with Gasteiger partial charge in [0, 0.05) is 5.39 Å². The minimum atomic E-state index is 0.332. The van der Waals surface area contributed by atoms with E-state index in [0.717, 1.165) is 35.6 Å². The van der Waals surface area contributed by atoms with E-state index in [4.69, 9.17) is 16.0 Å². The predicted octanol–water partition coefficient (Wildman–Crippen LogP) is 4.78. The van der Waals surface area contributed by atoms with Gasteiger partial charge >= 0.3 is 0 Å². The first-order valence-corrected chi connectivity index (χ1v) is 7.50. The van der Waals surface area contributed by atoms with E-state index in [9.17, 15) is 0 Å². The number of nitrogens with one attached hydrogen (secondary N) is 1. The van der Waals surface area contributed by atoms with Gasteiger partial charge in [0.15, 0.2) is 5.58 Å². The van der Waals surface area contributed by atoms with Crippen molar-refractivity contribution in [2.24, 2.45) is 11.8 Å². The van der Waals surface area contributed by atoms with E-state index in [2.05, 4.69) is 31.3 Å². The Bertz CT molecular complexity index is 577. The molecule has 3 atom stereocenters. The molecule has 2 aromatic rings. The average molecular weight is 278 g/mol. The summed E-state index contributed by atoms with van der Waals surface area (Å²) in [6.45, 7) is 5.52. The molecule has 2 nitrogen and oxygen atoms in total. The molecule has 102 valence electrons. The van der Waals surface area contributed by atoms with Gasteiger partial charge in [-0.3, -0.25) is 0 Å². The van der Waals surface area contributed by atoms with Gasteiger partial charge in [0.2, 0.25) is 0 Å². The van der Waals surface area contributed by atoms with Crippen molar-refractivity contribution in [3.63, 3.8) is 0 Å². The molecule has 0 amide bonds. The van der Waals surface area contributed by atoms with Crippen LogP contribution in [0, 0.1) is 11.8 Å². The Morgan fingerprint density at radius 1 is 1.47 bits per heavy atom. The van der Waals surface area contributed by atoms with Crippen molar-refractivity contribution in [3.8, 4) is 0 Å². The van der Waals surface area contributed by atoms with Crippen LogP contribution in [0.1, 0.15) is 38.5 Å². The molecule has 19 heavy (non-hydrogen) atoms. The highest BCUT2D eigenvalue weighted by molar-refractivity contribution is 6.34. The van der Waals surface area contributed by atoms with Gasteiger partial charge in [0.25, 0.3) is 0 Å². The monoisotopic (exact) mass is 277 g/mol. The van der Waals surface area contributed by atoms with Crippen LogP contribution in [0.4, 0.5) is 0 Å². The third-order valence-corrected chi connectivity index (χ3v) is 4.33. The Morgan fingerprint density at radius 2 is 2.26 bits per heavy atom. The number of furan rings is 1. The summed E-state index contributed by atoms with van der Waals surface area (Å²) in [7, 11) is 0. The SMILES string of the molecule is CCCNC(c1cc2cccc(Cl)c2o1)C1CC1C. The lowest BCUT2D eigenvalue weighted by molar-refractivity contribution is 0.386. The highest BCUT2D eigenvalue weighted by Gasteiger charge is 2.41. The predicted molar refractivity (Wildman–Crippen MR) is 79.5 cm³/mol. The van der Waals surface area contributed by atoms with Crippen LogP contribution in [-0.4, -0.2) is 6.54 Å². The lowest BCUT2D eigenvalue weighted by Crippen LogP contribution is -2.23. The molecule has 1 heterocycles. The van der Waals surface area contributed by atoms with Gasteiger partial charge in [-0.2, -0.15) is 0 Å². The number of halogens is 1. The second-order valence-electron chi connectivity index (χ2n) is 5.62. The van der Waals surface area contributed by atoms with E-state index in [1.165, 1.54) is 6.42 Å². The van der Waals surface area contributed by atoms with E-state index >= 15 is 0 Å². The average Bonchev–Trinajstić information content (AvgIpc) is 2.94. The van der Waals surface area contributed by atoms with Crippen molar-refractivity contribution < 1.29 is 4.42 Å². The van der Waals surface area contributed by atoms with Gasteiger partial charge in [-0.25, -0.2) is 0 Å². The van der Waals surface area contributed by atoms with Gasteiger partial charge in [-0.15, -0.1) is 0 Å². The van der Waals surface area contributed by atoms with Crippen LogP contribution in [-0.2, 0) is 0 Å². The lowest BCUT2D eigenvalue weighted by atomic mass is 10.1. The Kier molecular flexibility index (Phi) is 3.55. The summed E-state index contributed by atoms with van der Waals surface area (Å²) in [5.41, 5.74) is 0.816. The summed E-state index contributed by atoms with van der Waals surface area (Å²) in [5, 5.41) is 5.41. The van der Waals surface area contributed by atoms with Crippen LogP contribution in [0.15, 0.2) is 28.7 Å². The summed E-state index contributed by atoms with van der Waals surface area (Å²) < 4.78 is 6.01. The molecular formula is C16H20ClNO. The van der Waals surface area contributed by atoms with Crippen LogP contribution in [0.3, 0.4) is 0 Å². The molecule has 0 aliphatic heterocycles. The lowest BCUT2D eigenvalue weighted by Gasteiger charge is -2.15. The molecule has 3 heteroatoms. The normalized spacial score (nSPS) is 23.7. The van der Waals surface area contributed by atoms with Crippen LogP contribution in [0.5, 0.6) is 0 Å². The smallest absolute Gasteiger partial charge is 0.152 e. The third kappa shape index (κ3) is 2.52. The number of hydrogen-bond donors (Lipinski definition) is 1. The molecule has 3 unspecified atom stereocenters. The Balaban J connectivity index is 1.93. The maximum atomic E-state index is 6.19. The van der Waals surface area contributed by atoms with Crippen molar-refractivity contribution in [3.05, 3.63) is 35.0 Å². The quantitative estimate of drug-likeness (QED) is 0.850. The maximum absolute atomic E-state index is 6.19. The molecule has 1 fully saturated rings. The van der Waals surface area contributed by atoms with E-state index in [0.29, 0.717) is 17.0 Å². The highest BCUT2D eigenvalue weighted by Crippen LogP contribution is 2.48. The largest absolute Gasteiger partial charge is 0.458 e. The van der Waals surface area contributed by atoms with E-state index in [1.807, 2.05) is 12.1 Å². The number of para-hydroxylation sites is 1. The Hall–Kier alpha value is -0.990. The van der Waals surface area contributed by atoms with Crippen molar-refractivity contribution in [2.45, 2.75) is 32.7 Å². The highest BCUT2D eigenvalue weighted by atomic mass is 35.5. The summed E-state index contributed by atoms with van der Waals surface area (Å²) >= 11 is 6.19. The van der Waals surface area contributed by atoms with Crippen LogP contribution in [0.25, 0.3) is 11.0 Å². The maximum Gasteiger partial charge on any atom is 0.152 e. The molecule has 1 aromatic heterocycles. The molecule has 1 aliphatic rings. The standard InChI is InChI=1S/C16H20ClNO/c1-3-7-18-15(12-8-10(12)2)14-9-11-5-4-6-13(17)16(11)19-14/h4-6,9-10,12,15,18H,3,7-8H2,1-2H3. The molecule has 0 saturated heterocycles.